The summed E-state index contributed by atoms with van der Waals surface area (Å²) in [7, 11) is 0. The molecule has 0 aromatic heterocycles. The van der Waals surface area contributed by atoms with Gasteiger partial charge < -0.3 is 15.2 Å². The lowest BCUT2D eigenvalue weighted by atomic mass is 9.84. The van der Waals surface area contributed by atoms with E-state index in [1.807, 2.05) is 30.3 Å². The van der Waals surface area contributed by atoms with Gasteiger partial charge in [-0.2, -0.15) is 0 Å². The molecule has 3 heteroatoms. The quantitative estimate of drug-likeness (QED) is 0.770. The third-order valence-corrected chi connectivity index (χ3v) is 3.11. The molecular formula is C16H27NO2. The van der Waals surface area contributed by atoms with Crippen molar-refractivity contribution in [1.29, 1.82) is 0 Å². The monoisotopic (exact) mass is 265 g/mol. The third-order valence-electron chi connectivity index (χ3n) is 3.11. The first-order chi connectivity index (χ1) is 8.95. The number of rotatable bonds is 7. The molecule has 0 saturated carbocycles. The highest BCUT2D eigenvalue weighted by molar-refractivity contribution is 5.20. The summed E-state index contributed by atoms with van der Waals surface area (Å²) in [6.45, 7) is 9.67. The molecule has 1 aromatic carbocycles. The maximum atomic E-state index is 6.13. The van der Waals surface area contributed by atoms with Gasteiger partial charge in [0, 0.05) is 6.04 Å². The van der Waals surface area contributed by atoms with E-state index in [2.05, 4.69) is 27.7 Å². The highest BCUT2D eigenvalue weighted by Gasteiger charge is 2.30. The molecule has 2 N–H and O–H groups in total. The Morgan fingerprint density at radius 3 is 2.26 bits per heavy atom. The van der Waals surface area contributed by atoms with Crippen molar-refractivity contribution in [3.8, 4) is 5.75 Å². The standard InChI is InChI=1S/C16H27NO2/c1-5-14(17)15(16(2,3)4)19-12-11-18-13-9-7-6-8-10-13/h6-10,14-15H,5,11-12,17H2,1-4H3. The summed E-state index contributed by atoms with van der Waals surface area (Å²) in [4.78, 5) is 0. The fourth-order valence-corrected chi connectivity index (χ4v) is 2.08. The lowest BCUT2D eigenvalue weighted by molar-refractivity contribution is -0.0433. The second kappa shape index (κ2) is 7.51. The van der Waals surface area contributed by atoms with Crippen molar-refractivity contribution in [3.05, 3.63) is 30.3 Å². The molecule has 0 aliphatic rings. The number of nitrogens with two attached hydrogens (primary N) is 1. The van der Waals surface area contributed by atoms with Gasteiger partial charge in [0.25, 0.3) is 0 Å². The van der Waals surface area contributed by atoms with E-state index in [-0.39, 0.29) is 17.6 Å². The van der Waals surface area contributed by atoms with Crippen LogP contribution in [0.2, 0.25) is 0 Å². The first-order valence-corrected chi connectivity index (χ1v) is 7.00. The van der Waals surface area contributed by atoms with Gasteiger partial charge in [0.2, 0.25) is 0 Å². The van der Waals surface area contributed by atoms with Gasteiger partial charge in [0.05, 0.1) is 12.7 Å². The molecule has 0 radical (unpaired) electrons. The minimum absolute atomic E-state index is 0.0438. The molecule has 1 aromatic rings. The first-order valence-electron chi connectivity index (χ1n) is 7.00. The SMILES string of the molecule is CCC(N)C(OCCOc1ccccc1)C(C)(C)C. The van der Waals surface area contributed by atoms with Crippen LogP contribution in [0.4, 0.5) is 0 Å². The van der Waals surface area contributed by atoms with Gasteiger partial charge in [0.1, 0.15) is 12.4 Å². The molecule has 0 amide bonds. The van der Waals surface area contributed by atoms with Crippen molar-refractivity contribution >= 4 is 0 Å². The van der Waals surface area contributed by atoms with Crippen molar-refractivity contribution in [2.24, 2.45) is 11.1 Å². The molecule has 0 saturated heterocycles. The summed E-state index contributed by atoms with van der Waals surface area (Å²) >= 11 is 0. The normalized spacial score (nSPS) is 15.0. The number of hydrogen-bond donors (Lipinski definition) is 1. The van der Waals surface area contributed by atoms with Crippen LogP contribution in [0.3, 0.4) is 0 Å². The van der Waals surface area contributed by atoms with Crippen LogP contribution in [0.1, 0.15) is 34.1 Å². The zero-order valence-electron chi connectivity index (χ0n) is 12.6. The highest BCUT2D eigenvalue weighted by atomic mass is 16.5. The molecule has 1 rings (SSSR count). The molecule has 3 nitrogen and oxygen atoms in total. The molecule has 0 heterocycles. The van der Waals surface area contributed by atoms with Crippen LogP contribution in [0.15, 0.2) is 30.3 Å². The second-order valence-electron chi connectivity index (χ2n) is 5.89. The molecule has 0 aliphatic heterocycles. The van der Waals surface area contributed by atoms with Crippen LogP contribution in [0.25, 0.3) is 0 Å². The Bertz CT molecular complexity index is 346. The van der Waals surface area contributed by atoms with E-state index in [0.29, 0.717) is 13.2 Å². The maximum absolute atomic E-state index is 6.13. The van der Waals surface area contributed by atoms with Crippen molar-refractivity contribution < 1.29 is 9.47 Å². The summed E-state index contributed by atoms with van der Waals surface area (Å²) < 4.78 is 11.5. The number of ether oxygens (including phenoxy) is 2. The third kappa shape index (κ3) is 5.62. The zero-order chi connectivity index (χ0) is 14.3. The molecule has 108 valence electrons. The van der Waals surface area contributed by atoms with E-state index < -0.39 is 0 Å². The van der Waals surface area contributed by atoms with E-state index in [4.69, 9.17) is 15.2 Å². The van der Waals surface area contributed by atoms with Gasteiger partial charge in [-0.3, -0.25) is 0 Å². The Balaban J connectivity index is 2.37. The smallest absolute Gasteiger partial charge is 0.119 e. The second-order valence-corrected chi connectivity index (χ2v) is 5.89. The Labute approximate surface area is 117 Å². The van der Waals surface area contributed by atoms with Crippen LogP contribution in [-0.4, -0.2) is 25.4 Å². The van der Waals surface area contributed by atoms with Crippen molar-refractivity contribution in [2.45, 2.75) is 46.3 Å². The molecular weight excluding hydrogens is 238 g/mol. The number of para-hydroxylation sites is 1. The van der Waals surface area contributed by atoms with Crippen LogP contribution in [0, 0.1) is 5.41 Å². The van der Waals surface area contributed by atoms with Crippen molar-refractivity contribution in [2.75, 3.05) is 13.2 Å². The summed E-state index contributed by atoms with van der Waals surface area (Å²) in [6, 6.07) is 9.84. The Morgan fingerprint density at radius 2 is 1.74 bits per heavy atom. The zero-order valence-corrected chi connectivity index (χ0v) is 12.6. The van der Waals surface area contributed by atoms with E-state index >= 15 is 0 Å². The van der Waals surface area contributed by atoms with E-state index in [1.165, 1.54) is 0 Å². The lowest BCUT2D eigenvalue weighted by Crippen LogP contribution is -2.45. The van der Waals surface area contributed by atoms with Gasteiger partial charge >= 0.3 is 0 Å². The fraction of sp³-hybridized carbons (Fsp3) is 0.625. The Kier molecular flexibility index (Phi) is 6.32. The topological polar surface area (TPSA) is 44.5 Å². The average Bonchev–Trinajstić information content (AvgIpc) is 2.37. The Morgan fingerprint density at radius 1 is 1.11 bits per heavy atom. The van der Waals surface area contributed by atoms with Crippen LogP contribution >= 0.6 is 0 Å². The van der Waals surface area contributed by atoms with Crippen molar-refractivity contribution in [3.63, 3.8) is 0 Å². The summed E-state index contributed by atoms with van der Waals surface area (Å²) in [5.74, 6) is 0.873. The van der Waals surface area contributed by atoms with E-state index in [1.54, 1.807) is 0 Å². The molecule has 2 unspecified atom stereocenters. The van der Waals surface area contributed by atoms with Gasteiger partial charge in [-0.1, -0.05) is 45.9 Å². The summed E-state index contributed by atoms with van der Waals surface area (Å²) in [5, 5.41) is 0. The molecule has 2 atom stereocenters. The molecule has 0 spiro atoms. The van der Waals surface area contributed by atoms with E-state index in [0.717, 1.165) is 12.2 Å². The van der Waals surface area contributed by atoms with Gasteiger partial charge in [0.15, 0.2) is 0 Å². The number of benzene rings is 1. The number of hydrogen-bond acceptors (Lipinski definition) is 3. The minimum atomic E-state index is 0.0438. The maximum Gasteiger partial charge on any atom is 0.119 e. The average molecular weight is 265 g/mol. The fourth-order valence-electron chi connectivity index (χ4n) is 2.08. The molecule has 19 heavy (non-hydrogen) atoms. The van der Waals surface area contributed by atoms with Crippen molar-refractivity contribution in [1.82, 2.24) is 0 Å². The first kappa shape index (κ1) is 16.0. The Hall–Kier alpha value is -1.06. The highest BCUT2D eigenvalue weighted by Crippen LogP contribution is 2.25. The van der Waals surface area contributed by atoms with Gasteiger partial charge in [-0.15, -0.1) is 0 Å². The lowest BCUT2D eigenvalue weighted by Gasteiger charge is -2.34. The molecule has 0 aliphatic carbocycles. The minimum Gasteiger partial charge on any atom is -0.491 e. The van der Waals surface area contributed by atoms with Gasteiger partial charge in [-0.25, -0.2) is 0 Å². The van der Waals surface area contributed by atoms with Crippen LogP contribution in [0.5, 0.6) is 5.75 Å². The van der Waals surface area contributed by atoms with Gasteiger partial charge in [-0.05, 0) is 24.0 Å². The van der Waals surface area contributed by atoms with E-state index in [9.17, 15) is 0 Å². The summed E-state index contributed by atoms with van der Waals surface area (Å²) in [6.07, 6.45) is 0.971. The van der Waals surface area contributed by atoms with Crippen LogP contribution in [-0.2, 0) is 4.74 Å². The predicted molar refractivity (Wildman–Crippen MR) is 79.4 cm³/mol. The molecule has 0 fully saturated rings. The predicted octanol–water partition coefficient (Wildman–Crippen LogP) is 3.23. The van der Waals surface area contributed by atoms with Crippen LogP contribution < -0.4 is 10.5 Å². The summed E-state index contributed by atoms with van der Waals surface area (Å²) in [5.41, 5.74) is 6.17. The largest absolute Gasteiger partial charge is 0.491 e. The molecule has 0 bridgehead atoms.